The number of rotatable bonds is 6. The number of benzene rings is 1. The lowest BCUT2D eigenvalue weighted by Gasteiger charge is -2.46. The summed E-state index contributed by atoms with van der Waals surface area (Å²) in [5.41, 5.74) is -1.23. The Balaban J connectivity index is 1.98. The molecule has 146 valence electrons. The normalized spacial score (nSPS) is 23.8. The van der Waals surface area contributed by atoms with Gasteiger partial charge in [0.25, 0.3) is 0 Å². The van der Waals surface area contributed by atoms with Crippen LogP contribution in [0.2, 0.25) is 0 Å². The van der Waals surface area contributed by atoms with Crippen LogP contribution in [0.4, 0.5) is 0 Å². The highest BCUT2D eigenvalue weighted by Crippen LogP contribution is 2.48. The highest BCUT2D eigenvalue weighted by molar-refractivity contribution is 6.55. The van der Waals surface area contributed by atoms with E-state index in [-0.39, 0.29) is 16.4 Å². The molecule has 0 aliphatic heterocycles. The average molecular weight is 418 g/mol. The SMILES string of the molecule is CC1(C)C(C(C#N)OC(=O)C2CC2)=CC=CC1(C=C(Cl)Cl)Oc1ccccc1. The fourth-order valence-corrected chi connectivity index (χ4v) is 3.63. The Hall–Kier alpha value is -2.22. The Morgan fingerprint density at radius 3 is 2.54 bits per heavy atom. The number of halogens is 2. The third kappa shape index (κ3) is 4.11. The molecule has 0 N–H and O–H groups in total. The summed E-state index contributed by atoms with van der Waals surface area (Å²) in [5.74, 6) is 0.190. The maximum atomic E-state index is 12.2. The first-order chi connectivity index (χ1) is 13.3. The maximum Gasteiger partial charge on any atom is 0.310 e. The number of para-hydroxylation sites is 1. The molecule has 0 bridgehead atoms. The van der Waals surface area contributed by atoms with E-state index in [0.717, 1.165) is 12.8 Å². The molecular formula is C22H21Cl2NO3. The number of carbonyl (C=O) groups excluding carboxylic acids is 1. The molecule has 0 saturated heterocycles. The number of esters is 1. The van der Waals surface area contributed by atoms with E-state index in [2.05, 4.69) is 6.07 Å². The zero-order valence-corrected chi connectivity index (χ0v) is 17.2. The van der Waals surface area contributed by atoms with Gasteiger partial charge in [0.05, 0.1) is 5.92 Å². The Labute approximate surface area is 175 Å². The molecule has 6 heteroatoms. The maximum absolute atomic E-state index is 12.2. The Kier molecular flexibility index (Phi) is 5.88. The summed E-state index contributed by atoms with van der Waals surface area (Å²) in [6.07, 6.45) is 7.60. The van der Waals surface area contributed by atoms with Gasteiger partial charge in [0.15, 0.2) is 5.60 Å². The van der Waals surface area contributed by atoms with Crippen LogP contribution in [0.3, 0.4) is 0 Å². The van der Waals surface area contributed by atoms with Crippen molar-refractivity contribution in [3.63, 3.8) is 0 Å². The van der Waals surface area contributed by atoms with Gasteiger partial charge in [-0.1, -0.05) is 67.4 Å². The number of ether oxygens (including phenoxy) is 2. The highest BCUT2D eigenvalue weighted by Gasteiger charge is 2.51. The molecule has 1 fully saturated rings. The van der Waals surface area contributed by atoms with Crippen molar-refractivity contribution < 1.29 is 14.3 Å². The molecule has 3 rings (SSSR count). The molecule has 28 heavy (non-hydrogen) atoms. The van der Waals surface area contributed by atoms with Crippen LogP contribution in [0, 0.1) is 22.7 Å². The lowest BCUT2D eigenvalue weighted by Crippen LogP contribution is -2.51. The first-order valence-corrected chi connectivity index (χ1v) is 9.82. The number of hydrogen-bond acceptors (Lipinski definition) is 4. The average Bonchev–Trinajstić information content (AvgIpc) is 3.48. The van der Waals surface area contributed by atoms with Crippen molar-refractivity contribution in [2.75, 3.05) is 0 Å². The minimum atomic E-state index is -1.07. The molecule has 0 amide bonds. The van der Waals surface area contributed by atoms with Gasteiger partial charge in [-0.3, -0.25) is 4.79 Å². The minimum absolute atomic E-state index is 0.0402. The minimum Gasteiger partial charge on any atom is -0.478 e. The van der Waals surface area contributed by atoms with E-state index in [4.69, 9.17) is 32.7 Å². The summed E-state index contributed by atoms with van der Waals surface area (Å²) in [4.78, 5) is 12.2. The van der Waals surface area contributed by atoms with Gasteiger partial charge in [-0.25, -0.2) is 0 Å². The van der Waals surface area contributed by atoms with Gasteiger partial charge in [-0.15, -0.1) is 0 Å². The van der Waals surface area contributed by atoms with Crippen molar-refractivity contribution in [3.05, 3.63) is 64.7 Å². The van der Waals surface area contributed by atoms with Crippen LogP contribution < -0.4 is 4.74 Å². The smallest absolute Gasteiger partial charge is 0.310 e. The number of allylic oxidation sites excluding steroid dienone is 2. The second-order valence-corrected chi connectivity index (χ2v) is 8.48. The van der Waals surface area contributed by atoms with Gasteiger partial charge < -0.3 is 9.47 Å². The van der Waals surface area contributed by atoms with Crippen molar-refractivity contribution in [1.82, 2.24) is 0 Å². The molecule has 4 nitrogen and oxygen atoms in total. The Morgan fingerprint density at radius 2 is 1.96 bits per heavy atom. The third-order valence-electron chi connectivity index (χ3n) is 5.22. The first-order valence-electron chi connectivity index (χ1n) is 9.07. The molecule has 0 spiro atoms. The van der Waals surface area contributed by atoms with Crippen LogP contribution >= 0.6 is 23.2 Å². The fourth-order valence-electron chi connectivity index (χ4n) is 3.31. The summed E-state index contributed by atoms with van der Waals surface area (Å²) < 4.78 is 11.9. The summed E-state index contributed by atoms with van der Waals surface area (Å²) in [7, 11) is 0. The van der Waals surface area contributed by atoms with Crippen molar-refractivity contribution in [2.24, 2.45) is 11.3 Å². The van der Waals surface area contributed by atoms with Gasteiger partial charge >= 0.3 is 5.97 Å². The van der Waals surface area contributed by atoms with Gasteiger partial charge in [-0.2, -0.15) is 5.26 Å². The molecular weight excluding hydrogens is 397 g/mol. The van der Waals surface area contributed by atoms with E-state index in [1.807, 2.05) is 50.3 Å². The van der Waals surface area contributed by atoms with Crippen LogP contribution in [0.5, 0.6) is 5.75 Å². The predicted octanol–water partition coefficient (Wildman–Crippen LogP) is 5.49. The molecule has 2 atom stereocenters. The van der Waals surface area contributed by atoms with E-state index in [1.54, 1.807) is 18.2 Å². The van der Waals surface area contributed by atoms with Gasteiger partial charge in [0, 0.05) is 5.41 Å². The summed E-state index contributed by atoms with van der Waals surface area (Å²) in [5, 5.41) is 9.70. The second-order valence-electron chi connectivity index (χ2n) is 7.47. The molecule has 1 aromatic rings. The Morgan fingerprint density at radius 1 is 1.29 bits per heavy atom. The van der Waals surface area contributed by atoms with Crippen molar-refractivity contribution in [1.29, 1.82) is 5.26 Å². The second kappa shape index (κ2) is 8.03. The molecule has 1 aromatic carbocycles. The molecule has 0 aromatic heterocycles. The van der Waals surface area contributed by atoms with Crippen LogP contribution in [0.15, 0.2) is 64.7 Å². The summed E-state index contributed by atoms with van der Waals surface area (Å²) >= 11 is 12.1. The van der Waals surface area contributed by atoms with Crippen molar-refractivity contribution >= 4 is 29.2 Å². The molecule has 1 saturated carbocycles. The van der Waals surface area contributed by atoms with Crippen LogP contribution in [0.1, 0.15) is 26.7 Å². The topological polar surface area (TPSA) is 59.3 Å². The van der Waals surface area contributed by atoms with Gasteiger partial charge in [-0.05, 0) is 42.7 Å². The van der Waals surface area contributed by atoms with E-state index in [9.17, 15) is 10.1 Å². The summed E-state index contributed by atoms with van der Waals surface area (Å²) in [6.45, 7) is 3.82. The van der Waals surface area contributed by atoms with E-state index in [1.165, 1.54) is 0 Å². The van der Waals surface area contributed by atoms with Crippen molar-refractivity contribution in [2.45, 2.75) is 38.4 Å². The highest BCUT2D eigenvalue weighted by atomic mass is 35.5. The molecule has 0 heterocycles. The van der Waals surface area contributed by atoms with Gasteiger partial charge in [0.2, 0.25) is 6.10 Å². The number of nitrogens with zero attached hydrogens (tertiary/aromatic N) is 1. The van der Waals surface area contributed by atoms with Crippen LogP contribution in [0.25, 0.3) is 0 Å². The molecule has 0 radical (unpaired) electrons. The fraction of sp³-hybridized carbons (Fsp3) is 0.364. The third-order valence-corrected chi connectivity index (χ3v) is 5.43. The lowest BCUT2D eigenvalue weighted by molar-refractivity contribution is -0.147. The number of nitriles is 1. The van der Waals surface area contributed by atoms with Gasteiger partial charge in [0.1, 0.15) is 16.3 Å². The molecule has 2 unspecified atom stereocenters. The molecule has 2 aliphatic rings. The summed E-state index contributed by atoms with van der Waals surface area (Å²) in [6, 6.07) is 11.4. The Bertz CT molecular complexity index is 875. The monoisotopic (exact) mass is 417 g/mol. The van der Waals surface area contributed by atoms with E-state index in [0.29, 0.717) is 11.3 Å². The predicted molar refractivity (Wildman–Crippen MR) is 109 cm³/mol. The first kappa shape index (κ1) is 20.5. The lowest BCUT2D eigenvalue weighted by atomic mass is 9.65. The van der Waals surface area contributed by atoms with Crippen LogP contribution in [-0.4, -0.2) is 17.7 Å². The number of hydrogen-bond donors (Lipinski definition) is 0. The number of carbonyl (C=O) groups is 1. The molecule has 2 aliphatic carbocycles. The van der Waals surface area contributed by atoms with E-state index < -0.39 is 17.1 Å². The largest absolute Gasteiger partial charge is 0.478 e. The zero-order chi connectivity index (χ0) is 20.4. The van der Waals surface area contributed by atoms with E-state index >= 15 is 0 Å². The quantitative estimate of drug-likeness (QED) is 0.573. The van der Waals surface area contributed by atoms with Crippen LogP contribution in [-0.2, 0) is 9.53 Å². The zero-order valence-electron chi connectivity index (χ0n) is 15.7. The van der Waals surface area contributed by atoms with Crippen molar-refractivity contribution in [3.8, 4) is 11.8 Å². The standard InChI is InChI=1S/C22H21Cl2NO3/c1-21(2)17(18(14-25)27-20(26)15-10-11-15)9-6-12-22(21,13-19(23)24)28-16-7-4-3-5-8-16/h3-9,12-13,15,18H,10-11H2,1-2H3.